The summed E-state index contributed by atoms with van der Waals surface area (Å²) in [6, 6.07) is 2.23. The van der Waals surface area contributed by atoms with Gasteiger partial charge in [-0.1, -0.05) is 19.8 Å². The highest BCUT2D eigenvalue weighted by atomic mass is 16.5. The molecule has 4 fully saturated rings. The van der Waals surface area contributed by atoms with Crippen molar-refractivity contribution in [2.75, 3.05) is 6.54 Å². The molecule has 288 valence electrons. The summed E-state index contributed by atoms with van der Waals surface area (Å²) in [5.41, 5.74) is 7.24. The molecule has 9 atom stereocenters. The van der Waals surface area contributed by atoms with Crippen molar-refractivity contribution in [2.45, 2.75) is 145 Å². The fraction of sp³-hybridized carbons (Fsp3) is 0.737. The predicted molar refractivity (Wildman–Crippen MR) is 190 cm³/mol. The second kappa shape index (κ2) is 16.1. The first-order valence-electron chi connectivity index (χ1n) is 18.9. The Morgan fingerprint density at radius 3 is 2.40 bits per heavy atom. The molecule has 4 saturated carbocycles. The molecular weight excluding hydrogens is 672 g/mol. The number of hydrogen-bond acceptors (Lipinski definition) is 10. The minimum atomic E-state index is -1.43. The fourth-order valence-corrected chi connectivity index (χ4v) is 10.5. The topological polar surface area (TPSA) is 245 Å². The van der Waals surface area contributed by atoms with E-state index in [2.05, 4.69) is 17.2 Å². The smallest absolute Gasteiger partial charge is 0.335 e. The van der Waals surface area contributed by atoms with Crippen LogP contribution >= 0.6 is 0 Å². The number of nitrogens with one attached hydrogen (secondary N) is 1. The van der Waals surface area contributed by atoms with Gasteiger partial charge in [-0.2, -0.15) is 0 Å². The molecule has 14 heteroatoms. The summed E-state index contributed by atoms with van der Waals surface area (Å²) in [5, 5.41) is 36.4. The molecule has 1 aromatic rings. The third-order valence-corrected chi connectivity index (χ3v) is 13.2. The van der Waals surface area contributed by atoms with Gasteiger partial charge in [0.05, 0.1) is 22.9 Å². The van der Waals surface area contributed by atoms with Gasteiger partial charge in [-0.15, -0.1) is 0 Å². The predicted octanol–water partition coefficient (Wildman–Crippen LogP) is 3.05. The first-order valence-corrected chi connectivity index (χ1v) is 18.9. The SMILES string of the molecule is CC12CCC3C(CCC4(O)CC(OC(=O)C(CCCN=C(N)N)NC(=O)CCCCCCC(=O)O)CCC34C=O)C1(O)CCC2c1ccc(=O)oc1. The van der Waals surface area contributed by atoms with Gasteiger partial charge in [0.1, 0.15) is 18.4 Å². The third-order valence-electron chi connectivity index (χ3n) is 13.2. The van der Waals surface area contributed by atoms with E-state index < -0.39 is 51.7 Å². The van der Waals surface area contributed by atoms with E-state index in [0.717, 1.165) is 18.3 Å². The molecule has 0 spiro atoms. The number of carbonyl (C=O) groups excluding carboxylic acids is 3. The number of aldehydes is 1. The van der Waals surface area contributed by atoms with E-state index in [-0.39, 0.29) is 68.3 Å². The van der Waals surface area contributed by atoms with Gasteiger partial charge in [-0.3, -0.25) is 14.6 Å². The maximum absolute atomic E-state index is 13.6. The van der Waals surface area contributed by atoms with Crippen LogP contribution < -0.4 is 22.4 Å². The number of nitrogens with two attached hydrogens (primary N) is 2. The molecule has 0 bridgehead atoms. The Kier molecular flexibility index (Phi) is 12.2. The molecule has 0 aromatic carbocycles. The molecule has 4 aliphatic carbocycles. The Hall–Kier alpha value is -3.78. The molecule has 0 aliphatic heterocycles. The highest BCUT2D eigenvalue weighted by molar-refractivity contribution is 5.84. The normalized spacial score (nSPS) is 34.1. The highest BCUT2D eigenvalue weighted by Crippen LogP contribution is 2.71. The number of carbonyl (C=O) groups is 4. The summed E-state index contributed by atoms with van der Waals surface area (Å²) < 4.78 is 11.2. The lowest BCUT2D eigenvalue weighted by atomic mass is 9.41. The van der Waals surface area contributed by atoms with Crippen LogP contribution in [0.5, 0.6) is 0 Å². The number of nitrogens with zero attached hydrogens (tertiary/aromatic N) is 1. The van der Waals surface area contributed by atoms with Crippen molar-refractivity contribution in [3.8, 4) is 0 Å². The van der Waals surface area contributed by atoms with Gasteiger partial charge in [0, 0.05) is 37.3 Å². The zero-order valence-corrected chi connectivity index (χ0v) is 30.2. The molecular formula is C38H56N4O10. The largest absolute Gasteiger partial charge is 0.481 e. The van der Waals surface area contributed by atoms with Gasteiger partial charge < -0.3 is 46.1 Å². The summed E-state index contributed by atoms with van der Waals surface area (Å²) >= 11 is 0. The number of aliphatic imine (C=N–C) groups is 1. The van der Waals surface area contributed by atoms with Crippen LogP contribution in [0, 0.1) is 22.7 Å². The summed E-state index contributed by atoms with van der Waals surface area (Å²) in [4.78, 5) is 66.0. The van der Waals surface area contributed by atoms with Crippen LogP contribution in [0.3, 0.4) is 0 Å². The average molecular weight is 729 g/mol. The lowest BCUT2D eigenvalue weighted by Crippen LogP contribution is -2.68. The Morgan fingerprint density at radius 2 is 1.73 bits per heavy atom. The molecule has 8 N–H and O–H groups in total. The molecule has 9 unspecified atom stereocenters. The number of ether oxygens (including phenoxy) is 1. The van der Waals surface area contributed by atoms with Gasteiger partial charge in [-0.05, 0) is 106 Å². The lowest BCUT2D eigenvalue weighted by molar-refractivity contribution is -0.248. The second-order valence-corrected chi connectivity index (χ2v) is 16.0. The molecule has 4 aliphatic rings. The number of rotatable bonds is 16. The number of carboxylic acid groups (broad SMARTS) is 1. The molecule has 1 amide bonds. The van der Waals surface area contributed by atoms with Gasteiger partial charge in [0.25, 0.3) is 0 Å². The zero-order chi connectivity index (χ0) is 37.7. The third kappa shape index (κ3) is 7.78. The van der Waals surface area contributed by atoms with E-state index in [1.54, 1.807) is 6.07 Å². The molecule has 52 heavy (non-hydrogen) atoms. The van der Waals surface area contributed by atoms with Gasteiger partial charge >= 0.3 is 17.6 Å². The van der Waals surface area contributed by atoms with E-state index in [1.165, 1.54) is 12.3 Å². The summed E-state index contributed by atoms with van der Waals surface area (Å²) in [5.74, 6) is -2.36. The van der Waals surface area contributed by atoms with Crippen molar-refractivity contribution in [3.05, 3.63) is 34.4 Å². The standard InChI is InChI=1S/C38H56N4O10/c1-35-16-13-27-28(38(35,50)19-15-26(35)24-10-11-32(47)51-22-24)14-18-37(49)21-25(12-17-36(27,37)23-43)52-33(48)29(7-6-20-41-34(39)40)42-30(44)8-4-2-3-5-9-31(45)46/h10-11,22-23,25-29,49-50H,2-9,12-21H2,1H3,(H,42,44)(H,45,46)(H4,39,40,41). The van der Waals surface area contributed by atoms with Crippen molar-refractivity contribution in [1.82, 2.24) is 5.32 Å². The van der Waals surface area contributed by atoms with E-state index in [1.807, 2.05) is 0 Å². The summed E-state index contributed by atoms with van der Waals surface area (Å²) in [6.07, 6.45) is 9.14. The number of hydrogen-bond donors (Lipinski definition) is 6. The minimum Gasteiger partial charge on any atom is -0.481 e. The Balaban J connectivity index is 1.24. The van der Waals surface area contributed by atoms with Gasteiger partial charge in [0.15, 0.2) is 5.96 Å². The fourth-order valence-electron chi connectivity index (χ4n) is 10.5. The van der Waals surface area contributed by atoms with Gasteiger partial charge in [0.2, 0.25) is 5.91 Å². The molecule has 5 rings (SSSR count). The number of aliphatic hydroxyl groups is 2. The lowest BCUT2D eigenvalue weighted by Gasteiger charge is -2.65. The number of unbranched alkanes of at least 4 members (excludes halogenated alkanes) is 3. The molecule has 14 nitrogen and oxygen atoms in total. The zero-order valence-electron chi connectivity index (χ0n) is 30.2. The second-order valence-electron chi connectivity index (χ2n) is 16.0. The van der Waals surface area contributed by atoms with Crippen LogP contribution in [-0.2, 0) is 23.9 Å². The Bertz CT molecular complexity index is 1540. The van der Waals surface area contributed by atoms with E-state index in [9.17, 15) is 34.2 Å². The van der Waals surface area contributed by atoms with Crippen LogP contribution in [0.4, 0.5) is 0 Å². The van der Waals surface area contributed by atoms with E-state index >= 15 is 0 Å². The van der Waals surface area contributed by atoms with E-state index in [0.29, 0.717) is 70.6 Å². The average Bonchev–Trinajstić information content (AvgIpc) is 3.38. The van der Waals surface area contributed by atoms with Crippen molar-refractivity contribution < 1.29 is 43.7 Å². The molecule has 0 saturated heterocycles. The van der Waals surface area contributed by atoms with Gasteiger partial charge in [-0.25, -0.2) is 9.59 Å². The van der Waals surface area contributed by atoms with Crippen LogP contribution in [0.2, 0.25) is 0 Å². The van der Waals surface area contributed by atoms with E-state index in [4.69, 9.17) is 25.7 Å². The van der Waals surface area contributed by atoms with Crippen molar-refractivity contribution in [3.63, 3.8) is 0 Å². The van der Waals surface area contributed by atoms with Crippen LogP contribution in [0.15, 0.2) is 32.6 Å². The molecule has 1 heterocycles. The quantitative estimate of drug-likeness (QED) is 0.0473. The molecule has 0 radical (unpaired) electrons. The van der Waals surface area contributed by atoms with Crippen molar-refractivity contribution in [1.29, 1.82) is 0 Å². The Morgan fingerprint density at radius 1 is 1.00 bits per heavy atom. The molecule has 1 aromatic heterocycles. The number of aliphatic carboxylic acids is 1. The summed E-state index contributed by atoms with van der Waals surface area (Å²) in [6.45, 7) is 2.36. The number of carboxylic acids is 1. The first-order chi connectivity index (χ1) is 24.7. The van der Waals surface area contributed by atoms with Crippen molar-refractivity contribution in [2.24, 2.45) is 39.1 Å². The highest BCUT2D eigenvalue weighted by Gasteiger charge is 2.71. The number of amides is 1. The number of fused-ring (bicyclic) bond motifs is 5. The maximum Gasteiger partial charge on any atom is 0.335 e. The Labute approximate surface area is 304 Å². The number of esters is 1. The minimum absolute atomic E-state index is 0.0114. The monoisotopic (exact) mass is 728 g/mol. The van der Waals surface area contributed by atoms with Crippen molar-refractivity contribution >= 4 is 30.1 Å². The van der Waals surface area contributed by atoms with Crippen LogP contribution in [0.25, 0.3) is 0 Å². The maximum atomic E-state index is 13.6. The number of guanidine groups is 1. The summed E-state index contributed by atoms with van der Waals surface area (Å²) in [7, 11) is 0. The van der Waals surface area contributed by atoms with Crippen LogP contribution in [0.1, 0.15) is 128 Å². The first kappa shape index (κ1) is 39.4. The van der Waals surface area contributed by atoms with Crippen LogP contribution in [-0.4, -0.2) is 75.3 Å².